The van der Waals surface area contributed by atoms with Crippen molar-refractivity contribution in [1.82, 2.24) is 0 Å². The largest absolute Gasteiger partial charge is 0.457 e. The molecule has 1 saturated heterocycles. The molecular weight excluding hydrogens is 392 g/mol. The van der Waals surface area contributed by atoms with Gasteiger partial charge in [0.2, 0.25) is 0 Å². The maximum absolute atomic E-state index is 12.6. The molecule has 0 bridgehead atoms. The molecule has 2 aliphatic rings. The maximum atomic E-state index is 12.6. The van der Waals surface area contributed by atoms with E-state index in [-0.39, 0.29) is 17.8 Å². The Morgan fingerprint density at radius 3 is 2.67 bits per heavy atom. The van der Waals surface area contributed by atoms with E-state index in [1.165, 1.54) is 6.92 Å². The van der Waals surface area contributed by atoms with Gasteiger partial charge in [-0.25, -0.2) is 4.79 Å². The highest BCUT2D eigenvalue weighted by Gasteiger charge is 2.49. The Kier molecular flexibility index (Phi) is 8.11. The predicted molar refractivity (Wildman–Crippen MR) is 106 cm³/mol. The van der Waals surface area contributed by atoms with Crippen molar-refractivity contribution < 1.29 is 38.5 Å². The molecule has 0 aromatic rings. The number of rotatable bonds is 6. The zero-order chi connectivity index (χ0) is 22.4. The molecule has 0 saturated carbocycles. The van der Waals surface area contributed by atoms with Gasteiger partial charge in [0, 0.05) is 18.1 Å². The Morgan fingerprint density at radius 1 is 1.40 bits per heavy atom. The van der Waals surface area contributed by atoms with E-state index in [1.54, 1.807) is 19.1 Å². The Bertz CT molecular complexity index is 778. The SMILES string of the molecule is C=C1C(=O)O[C@@H]2/C=C(\CO)CC/C=C(/C=O)[C@H](OC(C)=O)[C@@H](OC(=O)C(C)CC)[C@@H]12. The number of aliphatic hydroxyl groups is 1. The van der Waals surface area contributed by atoms with Crippen LogP contribution in [0.5, 0.6) is 0 Å². The molecular formula is C22H28O8. The normalized spacial score (nSPS) is 31.2. The summed E-state index contributed by atoms with van der Waals surface area (Å²) >= 11 is 0. The van der Waals surface area contributed by atoms with Crippen LogP contribution in [-0.2, 0) is 33.4 Å². The molecule has 2 rings (SSSR count). The second-order valence-electron chi connectivity index (χ2n) is 7.51. The number of esters is 3. The van der Waals surface area contributed by atoms with Crippen LogP contribution >= 0.6 is 0 Å². The average molecular weight is 420 g/mol. The van der Waals surface area contributed by atoms with Crippen molar-refractivity contribution in [2.24, 2.45) is 11.8 Å². The topological polar surface area (TPSA) is 116 Å². The highest BCUT2D eigenvalue weighted by molar-refractivity contribution is 5.91. The van der Waals surface area contributed by atoms with E-state index < -0.39 is 48.1 Å². The Balaban J connectivity index is 2.63. The number of hydrogen-bond donors (Lipinski definition) is 1. The molecule has 1 aliphatic carbocycles. The van der Waals surface area contributed by atoms with Crippen molar-refractivity contribution in [2.45, 2.75) is 58.3 Å². The van der Waals surface area contributed by atoms with E-state index in [1.807, 2.05) is 6.92 Å². The molecule has 30 heavy (non-hydrogen) atoms. The van der Waals surface area contributed by atoms with E-state index in [2.05, 4.69) is 6.58 Å². The van der Waals surface area contributed by atoms with Crippen LogP contribution in [0.1, 0.15) is 40.0 Å². The van der Waals surface area contributed by atoms with E-state index in [0.29, 0.717) is 31.1 Å². The van der Waals surface area contributed by atoms with Gasteiger partial charge in [0.05, 0.1) is 18.4 Å². The van der Waals surface area contributed by atoms with E-state index >= 15 is 0 Å². The Labute approximate surface area is 175 Å². The summed E-state index contributed by atoms with van der Waals surface area (Å²) in [4.78, 5) is 48.6. The Morgan fingerprint density at radius 2 is 2.10 bits per heavy atom. The third kappa shape index (κ3) is 5.24. The summed E-state index contributed by atoms with van der Waals surface area (Å²) < 4.78 is 16.5. The van der Waals surface area contributed by atoms with Crippen LogP contribution in [0.3, 0.4) is 0 Å². The first-order chi connectivity index (χ1) is 14.2. The second kappa shape index (κ2) is 10.3. The van der Waals surface area contributed by atoms with Gasteiger partial charge in [0.15, 0.2) is 12.2 Å². The summed E-state index contributed by atoms with van der Waals surface area (Å²) in [6.07, 6.45) is 1.70. The van der Waals surface area contributed by atoms with Crippen molar-refractivity contribution >= 4 is 24.2 Å². The minimum absolute atomic E-state index is 0.0402. The summed E-state index contributed by atoms with van der Waals surface area (Å²) in [7, 11) is 0. The zero-order valence-electron chi connectivity index (χ0n) is 17.5. The minimum Gasteiger partial charge on any atom is -0.457 e. The van der Waals surface area contributed by atoms with Crippen molar-refractivity contribution in [3.05, 3.63) is 35.5 Å². The molecule has 1 aliphatic heterocycles. The summed E-state index contributed by atoms with van der Waals surface area (Å²) in [6, 6.07) is 0. The van der Waals surface area contributed by atoms with Gasteiger partial charge in [0.25, 0.3) is 0 Å². The van der Waals surface area contributed by atoms with Gasteiger partial charge in [-0.1, -0.05) is 26.5 Å². The third-order valence-corrected chi connectivity index (χ3v) is 5.39. The molecule has 1 N–H and O–H groups in total. The fraction of sp³-hybridized carbons (Fsp3) is 0.545. The molecule has 8 nitrogen and oxygen atoms in total. The van der Waals surface area contributed by atoms with Crippen molar-refractivity contribution in [3.63, 3.8) is 0 Å². The predicted octanol–water partition coefficient (Wildman–Crippen LogP) is 1.81. The summed E-state index contributed by atoms with van der Waals surface area (Å²) in [5.74, 6) is -3.25. The van der Waals surface area contributed by atoms with Crippen molar-refractivity contribution in [3.8, 4) is 0 Å². The molecule has 0 aromatic heterocycles. The lowest BCUT2D eigenvalue weighted by atomic mass is 9.83. The highest BCUT2D eigenvalue weighted by Crippen LogP contribution is 2.37. The van der Waals surface area contributed by atoms with Gasteiger partial charge in [-0.05, 0) is 30.9 Å². The van der Waals surface area contributed by atoms with Crippen LogP contribution in [0.2, 0.25) is 0 Å². The fourth-order valence-electron chi connectivity index (χ4n) is 3.48. The third-order valence-electron chi connectivity index (χ3n) is 5.39. The number of fused-ring (bicyclic) bond motifs is 1. The molecule has 1 fully saturated rings. The number of carbonyl (C=O) groups is 4. The van der Waals surface area contributed by atoms with Gasteiger partial charge >= 0.3 is 17.9 Å². The molecule has 5 atom stereocenters. The summed E-state index contributed by atoms with van der Waals surface area (Å²) in [5.41, 5.74) is 0.752. The van der Waals surface area contributed by atoms with Crippen LogP contribution in [0.4, 0.5) is 0 Å². The average Bonchev–Trinajstić information content (AvgIpc) is 2.99. The smallest absolute Gasteiger partial charge is 0.334 e. The van der Waals surface area contributed by atoms with Gasteiger partial charge in [0.1, 0.15) is 12.4 Å². The molecule has 0 radical (unpaired) electrons. The van der Waals surface area contributed by atoms with Crippen LogP contribution in [0.15, 0.2) is 35.5 Å². The molecule has 1 heterocycles. The van der Waals surface area contributed by atoms with Crippen LogP contribution in [-0.4, -0.2) is 54.2 Å². The second-order valence-corrected chi connectivity index (χ2v) is 7.51. The lowest BCUT2D eigenvalue weighted by molar-refractivity contribution is -0.171. The quantitative estimate of drug-likeness (QED) is 0.227. The number of allylic oxidation sites excluding steroid dienone is 1. The lowest BCUT2D eigenvalue weighted by Crippen LogP contribution is -2.45. The molecule has 164 valence electrons. The first-order valence-corrected chi connectivity index (χ1v) is 9.96. The summed E-state index contributed by atoms with van der Waals surface area (Å²) in [6.45, 7) is 8.20. The fourth-order valence-corrected chi connectivity index (χ4v) is 3.48. The van der Waals surface area contributed by atoms with E-state index in [4.69, 9.17) is 14.2 Å². The van der Waals surface area contributed by atoms with Gasteiger partial charge in [-0.2, -0.15) is 0 Å². The number of ether oxygens (including phenoxy) is 3. The highest BCUT2D eigenvalue weighted by atomic mass is 16.6. The number of aldehydes is 1. The molecule has 0 amide bonds. The monoisotopic (exact) mass is 420 g/mol. The first-order valence-electron chi connectivity index (χ1n) is 9.96. The number of carbonyl (C=O) groups excluding carboxylic acids is 4. The van der Waals surface area contributed by atoms with Crippen molar-refractivity contribution in [1.29, 1.82) is 0 Å². The molecule has 1 unspecified atom stereocenters. The molecule has 0 spiro atoms. The first kappa shape index (κ1) is 23.5. The zero-order valence-corrected chi connectivity index (χ0v) is 17.5. The standard InChI is InChI=1S/C22H28O8/c1-5-12(2)21(26)30-20-18-13(3)22(27)29-17(18)9-15(10-23)7-6-8-16(11-24)19(20)28-14(4)25/h8-9,11-12,17-20,23H,3,5-7,10H2,1-2,4H3/b15-9-,16-8-/t12?,17-,18+,19+,20+/m1/s1. The van der Waals surface area contributed by atoms with Crippen molar-refractivity contribution in [2.75, 3.05) is 6.61 Å². The molecule has 8 heteroatoms. The molecule has 0 aromatic carbocycles. The summed E-state index contributed by atoms with van der Waals surface area (Å²) in [5, 5.41) is 9.66. The van der Waals surface area contributed by atoms with Crippen LogP contribution in [0, 0.1) is 11.8 Å². The maximum Gasteiger partial charge on any atom is 0.334 e. The van der Waals surface area contributed by atoms with Crippen LogP contribution < -0.4 is 0 Å². The van der Waals surface area contributed by atoms with Crippen LogP contribution in [0.25, 0.3) is 0 Å². The number of hydrogen-bond acceptors (Lipinski definition) is 8. The van der Waals surface area contributed by atoms with Gasteiger partial charge in [-0.3, -0.25) is 14.4 Å². The minimum atomic E-state index is -1.23. The Hall–Kier alpha value is -2.74. The van der Waals surface area contributed by atoms with Gasteiger partial charge in [-0.15, -0.1) is 0 Å². The van der Waals surface area contributed by atoms with E-state index in [0.717, 1.165) is 0 Å². The van der Waals surface area contributed by atoms with Gasteiger partial charge < -0.3 is 19.3 Å². The van der Waals surface area contributed by atoms with E-state index in [9.17, 15) is 24.3 Å². The lowest BCUT2D eigenvalue weighted by Gasteiger charge is -2.33. The number of aliphatic hydroxyl groups excluding tert-OH is 1.